The molecule has 0 aliphatic carbocycles. The molecular weight excluding hydrogens is 265 g/mol. The second-order valence-electron chi connectivity index (χ2n) is 3.49. The zero-order valence-electron chi connectivity index (χ0n) is 7.59. The van der Waals surface area contributed by atoms with Crippen LogP contribution in [0.3, 0.4) is 0 Å². The van der Waals surface area contributed by atoms with Crippen LogP contribution in [0.25, 0.3) is 0 Å². The van der Waals surface area contributed by atoms with Gasteiger partial charge in [0.15, 0.2) is 0 Å². The van der Waals surface area contributed by atoms with E-state index in [-0.39, 0.29) is 0 Å². The minimum atomic E-state index is 0.410. The van der Waals surface area contributed by atoms with Gasteiger partial charge in [-0.05, 0) is 46.6 Å². The lowest BCUT2D eigenvalue weighted by atomic mass is 9.97. The first kappa shape index (κ1) is 10.3. The summed E-state index contributed by atoms with van der Waals surface area (Å²) in [7, 11) is 0. The maximum Gasteiger partial charge on any atom is 0.136 e. The predicted octanol–water partition coefficient (Wildman–Crippen LogP) is 2.61. The van der Waals surface area contributed by atoms with Gasteiger partial charge in [-0.15, -0.1) is 0 Å². The van der Waals surface area contributed by atoms with Gasteiger partial charge >= 0.3 is 0 Å². The summed E-state index contributed by atoms with van der Waals surface area (Å²) >= 11 is 9.39. The molecule has 2 rings (SSSR count). The number of fused-ring (bicyclic) bond motifs is 1. The van der Waals surface area contributed by atoms with Crippen molar-refractivity contribution in [2.45, 2.75) is 6.42 Å². The van der Waals surface area contributed by atoms with E-state index in [4.69, 9.17) is 22.1 Å². The lowest BCUT2D eigenvalue weighted by molar-refractivity contribution is 0.225. The number of nitrogens with two attached hydrogens (primary N) is 1. The van der Waals surface area contributed by atoms with Gasteiger partial charge in [0.1, 0.15) is 5.75 Å². The van der Waals surface area contributed by atoms with Crippen molar-refractivity contribution in [2.75, 3.05) is 13.2 Å². The Morgan fingerprint density at radius 1 is 1.57 bits per heavy atom. The quantitative estimate of drug-likeness (QED) is 0.856. The van der Waals surface area contributed by atoms with Gasteiger partial charge in [-0.3, -0.25) is 0 Å². The molecule has 4 heteroatoms. The van der Waals surface area contributed by atoms with Crippen molar-refractivity contribution in [2.24, 2.45) is 11.7 Å². The van der Waals surface area contributed by atoms with Crippen LogP contribution in [0.5, 0.6) is 5.75 Å². The van der Waals surface area contributed by atoms with Crippen LogP contribution in [0.2, 0.25) is 5.02 Å². The van der Waals surface area contributed by atoms with E-state index in [1.165, 1.54) is 0 Å². The Hall–Kier alpha value is -0.250. The largest absolute Gasteiger partial charge is 0.492 e. The third-order valence-electron chi connectivity index (χ3n) is 2.39. The van der Waals surface area contributed by atoms with Crippen LogP contribution >= 0.6 is 27.5 Å². The van der Waals surface area contributed by atoms with Crippen LogP contribution in [0.15, 0.2) is 16.6 Å². The third-order valence-corrected chi connectivity index (χ3v) is 3.20. The Bertz CT molecular complexity index is 356. The van der Waals surface area contributed by atoms with Crippen molar-refractivity contribution in [3.05, 3.63) is 27.2 Å². The van der Waals surface area contributed by atoms with Crippen molar-refractivity contribution in [1.29, 1.82) is 0 Å². The summed E-state index contributed by atoms with van der Waals surface area (Å²) in [4.78, 5) is 0. The Labute approximate surface area is 96.5 Å². The monoisotopic (exact) mass is 275 g/mol. The van der Waals surface area contributed by atoms with E-state index in [1.807, 2.05) is 12.1 Å². The van der Waals surface area contributed by atoms with Crippen molar-refractivity contribution in [1.82, 2.24) is 0 Å². The highest BCUT2D eigenvalue weighted by atomic mass is 79.9. The molecule has 14 heavy (non-hydrogen) atoms. The molecule has 0 bridgehead atoms. The van der Waals surface area contributed by atoms with Crippen molar-refractivity contribution >= 4 is 27.5 Å². The van der Waals surface area contributed by atoms with E-state index in [2.05, 4.69) is 15.9 Å². The number of rotatable bonds is 1. The Balaban J connectivity index is 2.37. The van der Waals surface area contributed by atoms with Crippen LogP contribution in [-0.2, 0) is 6.42 Å². The van der Waals surface area contributed by atoms with Gasteiger partial charge in [0, 0.05) is 10.9 Å². The fourth-order valence-corrected chi connectivity index (χ4v) is 2.64. The highest BCUT2D eigenvalue weighted by Crippen LogP contribution is 2.36. The second kappa shape index (κ2) is 4.09. The summed E-state index contributed by atoms with van der Waals surface area (Å²) in [6.07, 6.45) is 0.949. The summed E-state index contributed by atoms with van der Waals surface area (Å²) in [6, 6.07) is 3.80. The first-order valence-electron chi connectivity index (χ1n) is 4.51. The molecule has 0 saturated carbocycles. The molecule has 1 aromatic rings. The Morgan fingerprint density at radius 2 is 2.36 bits per heavy atom. The summed E-state index contributed by atoms with van der Waals surface area (Å²) in [5, 5.41) is 0.733. The van der Waals surface area contributed by atoms with E-state index in [9.17, 15) is 0 Å². The molecule has 2 N–H and O–H groups in total. The molecule has 76 valence electrons. The van der Waals surface area contributed by atoms with Crippen LogP contribution in [0.4, 0.5) is 0 Å². The first-order chi connectivity index (χ1) is 6.70. The summed E-state index contributed by atoms with van der Waals surface area (Å²) in [5.41, 5.74) is 6.76. The first-order valence-corrected chi connectivity index (χ1v) is 5.68. The molecule has 1 atom stereocenters. The summed E-state index contributed by atoms with van der Waals surface area (Å²) in [6.45, 7) is 1.35. The molecule has 1 unspecified atom stereocenters. The van der Waals surface area contributed by atoms with Gasteiger partial charge in [-0.25, -0.2) is 0 Å². The lowest BCUT2D eigenvalue weighted by Gasteiger charge is -2.25. The third kappa shape index (κ3) is 1.90. The lowest BCUT2D eigenvalue weighted by Crippen LogP contribution is -2.27. The van der Waals surface area contributed by atoms with Crippen molar-refractivity contribution in [3.8, 4) is 5.75 Å². The molecule has 1 aliphatic heterocycles. The number of benzene rings is 1. The van der Waals surface area contributed by atoms with E-state index >= 15 is 0 Å². The normalized spacial score (nSPS) is 20.1. The molecule has 0 spiro atoms. The molecule has 1 heterocycles. The minimum Gasteiger partial charge on any atom is -0.492 e. The maximum absolute atomic E-state index is 5.96. The smallest absolute Gasteiger partial charge is 0.136 e. The number of ether oxygens (including phenoxy) is 1. The van der Waals surface area contributed by atoms with Crippen molar-refractivity contribution in [3.63, 3.8) is 0 Å². The minimum absolute atomic E-state index is 0.410. The SMILES string of the molecule is NCC1COc2c(Br)cc(Cl)cc2C1. The molecule has 1 aromatic carbocycles. The number of halogens is 2. The highest BCUT2D eigenvalue weighted by Gasteiger charge is 2.21. The van der Waals surface area contributed by atoms with Gasteiger partial charge in [0.25, 0.3) is 0 Å². The van der Waals surface area contributed by atoms with E-state index in [0.717, 1.165) is 27.2 Å². The van der Waals surface area contributed by atoms with Gasteiger partial charge in [-0.1, -0.05) is 11.6 Å². The topological polar surface area (TPSA) is 35.2 Å². The van der Waals surface area contributed by atoms with Gasteiger partial charge in [0.05, 0.1) is 11.1 Å². The Kier molecular flexibility index (Phi) is 3.00. The zero-order chi connectivity index (χ0) is 10.1. The zero-order valence-corrected chi connectivity index (χ0v) is 9.94. The van der Waals surface area contributed by atoms with Crippen molar-refractivity contribution < 1.29 is 4.74 Å². The Morgan fingerprint density at radius 3 is 3.07 bits per heavy atom. The van der Waals surface area contributed by atoms with Gasteiger partial charge in [-0.2, -0.15) is 0 Å². The van der Waals surface area contributed by atoms with Crippen LogP contribution in [-0.4, -0.2) is 13.2 Å². The maximum atomic E-state index is 5.96. The highest BCUT2D eigenvalue weighted by molar-refractivity contribution is 9.10. The van der Waals surface area contributed by atoms with E-state index in [1.54, 1.807) is 0 Å². The average Bonchev–Trinajstić information content (AvgIpc) is 2.16. The van der Waals surface area contributed by atoms with E-state index in [0.29, 0.717) is 19.1 Å². The molecule has 2 nitrogen and oxygen atoms in total. The summed E-state index contributed by atoms with van der Waals surface area (Å²) < 4.78 is 6.55. The molecule has 0 fully saturated rings. The fraction of sp³-hybridized carbons (Fsp3) is 0.400. The predicted molar refractivity (Wildman–Crippen MR) is 60.9 cm³/mol. The van der Waals surface area contributed by atoms with Gasteiger partial charge in [0.2, 0.25) is 0 Å². The summed E-state index contributed by atoms with van der Waals surface area (Å²) in [5.74, 6) is 1.33. The number of hydrogen-bond acceptors (Lipinski definition) is 2. The van der Waals surface area contributed by atoms with Crippen LogP contribution in [0.1, 0.15) is 5.56 Å². The molecule has 0 aromatic heterocycles. The molecule has 0 radical (unpaired) electrons. The molecule has 0 saturated heterocycles. The van der Waals surface area contributed by atoms with Gasteiger partial charge < -0.3 is 10.5 Å². The molecule has 1 aliphatic rings. The van der Waals surface area contributed by atoms with Crippen LogP contribution < -0.4 is 10.5 Å². The fourth-order valence-electron chi connectivity index (χ4n) is 1.65. The van der Waals surface area contributed by atoms with E-state index < -0.39 is 0 Å². The average molecular weight is 277 g/mol. The standard InChI is InChI=1S/C10H11BrClNO/c11-9-3-8(12)2-7-1-6(4-13)5-14-10(7)9/h2-3,6H,1,4-5,13H2. The molecule has 0 amide bonds. The number of hydrogen-bond donors (Lipinski definition) is 1. The second-order valence-corrected chi connectivity index (χ2v) is 4.78. The molecular formula is C10H11BrClNO. The van der Waals surface area contributed by atoms with Crippen LogP contribution in [0, 0.1) is 5.92 Å².